The van der Waals surface area contributed by atoms with Crippen LogP contribution < -0.4 is 5.32 Å². The molecule has 0 saturated carbocycles. The van der Waals surface area contributed by atoms with Crippen LogP contribution in [-0.4, -0.2) is 53.7 Å². The van der Waals surface area contributed by atoms with Crippen molar-refractivity contribution in [3.05, 3.63) is 59.7 Å². The molecule has 1 atom stereocenters. The van der Waals surface area contributed by atoms with Crippen molar-refractivity contribution in [2.45, 2.75) is 32.7 Å². The summed E-state index contributed by atoms with van der Waals surface area (Å²) in [7, 11) is 0. The predicted molar refractivity (Wildman–Crippen MR) is 117 cm³/mol. The number of benzene rings is 2. The first-order valence-electron chi connectivity index (χ1n) is 10.5. The number of nitrogens with one attached hydrogen (secondary N) is 1. The maximum Gasteiger partial charge on any atom is 0.407 e. The summed E-state index contributed by atoms with van der Waals surface area (Å²) < 4.78 is 5.53. The lowest BCUT2D eigenvalue weighted by Gasteiger charge is -2.28. The highest BCUT2D eigenvalue weighted by Gasteiger charge is 2.32. The standard InChI is InChI=1S/C24H28N2O5/c1-4-26(13-21(27)28)23(29)22(15(2)3)25-24(30)31-14-20-18-11-7-5-9-16(18)17-10-6-8-12-19(17)20/h5-12,15,20,22H,4,13-14H2,1-3H3,(H,25,30)(H,27,28)/t22-/m1/s1. The highest BCUT2D eigenvalue weighted by molar-refractivity contribution is 5.88. The van der Waals surface area contributed by atoms with Gasteiger partial charge in [-0.1, -0.05) is 62.4 Å². The predicted octanol–water partition coefficient (Wildman–Crippen LogP) is 3.48. The van der Waals surface area contributed by atoms with Gasteiger partial charge in [0.2, 0.25) is 5.91 Å². The Morgan fingerprint density at radius 2 is 1.58 bits per heavy atom. The number of carbonyl (C=O) groups excluding carboxylic acids is 2. The summed E-state index contributed by atoms with van der Waals surface area (Å²) in [5.41, 5.74) is 4.47. The minimum atomic E-state index is -1.10. The van der Waals surface area contributed by atoms with E-state index in [9.17, 15) is 14.4 Å². The van der Waals surface area contributed by atoms with Gasteiger partial charge < -0.3 is 20.1 Å². The number of amides is 2. The van der Waals surface area contributed by atoms with Gasteiger partial charge in [-0.25, -0.2) is 4.79 Å². The van der Waals surface area contributed by atoms with Crippen molar-refractivity contribution < 1.29 is 24.2 Å². The lowest BCUT2D eigenvalue weighted by atomic mass is 9.98. The van der Waals surface area contributed by atoms with Crippen LogP contribution in [0.3, 0.4) is 0 Å². The monoisotopic (exact) mass is 424 g/mol. The molecular formula is C24H28N2O5. The Labute approximate surface area is 182 Å². The number of fused-ring (bicyclic) bond motifs is 3. The number of carboxylic acid groups (broad SMARTS) is 1. The smallest absolute Gasteiger partial charge is 0.407 e. The fraction of sp³-hybridized carbons (Fsp3) is 0.375. The molecule has 31 heavy (non-hydrogen) atoms. The first-order chi connectivity index (χ1) is 14.8. The maximum absolute atomic E-state index is 12.8. The molecule has 2 aromatic carbocycles. The summed E-state index contributed by atoms with van der Waals surface area (Å²) in [4.78, 5) is 37.6. The molecule has 0 spiro atoms. The summed E-state index contributed by atoms with van der Waals surface area (Å²) in [6.45, 7) is 5.25. The van der Waals surface area contributed by atoms with Gasteiger partial charge in [0.1, 0.15) is 19.2 Å². The Bertz CT molecular complexity index is 926. The highest BCUT2D eigenvalue weighted by Crippen LogP contribution is 2.44. The van der Waals surface area contributed by atoms with Crippen LogP contribution in [0.1, 0.15) is 37.8 Å². The number of carbonyl (C=O) groups is 3. The number of alkyl carbamates (subject to hydrolysis) is 1. The summed E-state index contributed by atoms with van der Waals surface area (Å²) in [5, 5.41) is 11.7. The second-order valence-electron chi connectivity index (χ2n) is 7.94. The van der Waals surface area contributed by atoms with Crippen molar-refractivity contribution in [2.75, 3.05) is 19.7 Å². The van der Waals surface area contributed by atoms with Gasteiger partial charge in [0.15, 0.2) is 0 Å². The zero-order valence-electron chi connectivity index (χ0n) is 18.0. The molecular weight excluding hydrogens is 396 g/mol. The van der Waals surface area contributed by atoms with Gasteiger partial charge in [0, 0.05) is 12.5 Å². The summed E-state index contributed by atoms with van der Waals surface area (Å²) in [6, 6.07) is 15.2. The molecule has 0 radical (unpaired) electrons. The number of nitrogens with zero attached hydrogens (tertiary/aromatic N) is 1. The van der Waals surface area contributed by atoms with Crippen LogP contribution in [0, 0.1) is 5.92 Å². The van der Waals surface area contributed by atoms with E-state index in [4.69, 9.17) is 9.84 Å². The zero-order valence-corrected chi connectivity index (χ0v) is 18.0. The molecule has 164 valence electrons. The van der Waals surface area contributed by atoms with E-state index >= 15 is 0 Å². The van der Waals surface area contributed by atoms with Crippen molar-refractivity contribution in [2.24, 2.45) is 5.92 Å². The SMILES string of the molecule is CCN(CC(=O)O)C(=O)[C@H](NC(=O)OCC1c2ccccc2-c2ccccc21)C(C)C. The molecule has 3 rings (SSSR count). The molecule has 1 aliphatic rings. The summed E-state index contributed by atoms with van der Waals surface area (Å²) in [6.07, 6.45) is -0.694. The van der Waals surface area contributed by atoms with Crippen molar-refractivity contribution >= 4 is 18.0 Å². The maximum atomic E-state index is 12.8. The summed E-state index contributed by atoms with van der Waals surface area (Å²) in [5.74, 6) is -1.84. The van der Waals surface area contributed by atoms with Crippen LogP contribution in [0.5, 0.6) is 0 Å². The molecule has 0 aromatic heterocycles. The molecule has 7 nitrogen and oxygen atoms in total. The third-order valence-corrected chi connectivity index (χ3v) is 5.57. The van der Waals surface area contributed by atoms with Gasteiger partial charge in [0.25, 0.3) is 0 Å². The lowest BCUT2D eigenvalue weighted by molar-refractivity contribution is -0.145. The number of rotatable bonds is 8. The normalized spacial score (nSPS) is 13.3. The van der Waals surface area contributed by atoms with Gasteiger partial charge >= 0.3 is 12.1 Å². The second kappa shape index (κ2) is 9.64. The van der Waals surface area contributed by atoms with Crippen LogP contribution in [0.2, 0.25) is 0 Å². The van der Waals surface area contributed by atoms with Crippen molar-refractivity contribution in [3.8, 4) is 11.1 Å². The topological polar surface area (TPSA) is 95.9 Å². The fourth-order valence-electron chi connectivity index (χ4n) is 3.99. The molecule has 0 unspecified atom stereocenters. The Morgan fingerprint density at radius 1 is 1.03 bits per heavy atom. The van der Waals surface area contributed by atoms with Crippen molar-refractivity contribution in [3.63, 3.8) is 0 Å². The second-order valence-corrected chi connectivity index (χ2v) is 7.94. The zero-order chi connectivity index (χ0) is 22.5. The van der Waals surface area contributed by atoms with Crippen LogP contribution in [0.15, 0.2) is 48.5 Å². The number of aliphatic carboxylic acids is 1. The van der Waals surface area contributed by atoms with E-state index in [0.29, 0.717) is 0 Å². The number of hydrogen-bond donors (Lipinski definition) is 2. The van der Waals surface area contributed by atoms with Gasteiger partial charge in [0.05, 0.1) is 0 Å². The Balaban J connectivity index is 1.69. The fourth-order valence-corrected chi connectivity index (χ4v) is 3.99. The minimum absolute atomic E-state index is 0.0782. The summed E-state index contributed by atoms with van der Waals surface area (Å²) >= 11 is 0. The van der Waals surface area contributed by atoms with Gasteiger partial charge in [-0.05, 0) is 35.1 Å². The first kappa shape index (κ1) is 22.3. The number of hydrogen-bond acceptors (Lipinski definition) is 4. The Kier molecular flexibility index (Phi) is 6.95. The minimum Gasteiger partial charge on any atom is -0.480 e. The lowest BCUT2D eigenvalue weighted by Crippen LogP contribution is -2.52. The van der Waals surface area contributed by atoms with Crippen LogP contribution >= 0.6 is 0 Å². The third-order valence-electron chi connectivity index (χ3n) is 5.57. The van der Waals surface area contributed by atoms with Gasteiger partial charge in [-0.3, -0.25) is 9.59 Å². The molecule has 2 N–H and O–H groups in total. The molecule has 0 heterocycles. The van der Waals surface area contributed by atoms with E-state index in [1.54, 1.807) is 20.8 Å². The van der Waals surface area contributed by atoms with Crippen LogP contribution in [0.25, 0.3) is 11.1 Å². The molecule has 2 aromatic rings. The Morgan fingerprint density at radius 3 is 2.06 bits per heavy atom. The van der Waals surface area contributed by atoms with Gasteiger partial charge in [-0.2, -0.15) is 0 Å². The van der Waals surface area contributed by atoms with E-state index in [1.807, 2.05) is 36.4 Å². The molecule has 0 aliphatic heterocycles. The van der Waals surface area contributed by atoms with Gasteiger partial charge in [-0.15, -0.1) is 0 Å². The van der Waals surface area contributed by atoms with E-state index in [1.165, 1.54) is 4.90 Å². The Hall–Kier alpha value is -3.35. The average Bonchev–Trinajstić information content (AvgIpc) is 3.07. The third kappa shape index (κ3) is 4.87. The van der Waals surface area contributed by atoms with Crippen molar-refractivity contribution in [1.82, 2.24) is 10.2 Å². The van der Waals surface area contributed by atoms with Crippen molar-refractivity contribution in [1.29, 1.82) is 0 Å². The van der Waals surface area contributed by atoms with E-state index in [0.717, 1.165) is 22.3 Å². The molecule has 0 saturated heterocycles. The molecule has 0 fully saturated rings. The molecule has 0 bridgehead atoms. The highest BCUT2D eigenvalue weighted by atomic mass is 16.5. The van der Waals surface area contributed by atoms with Crippen LogP contribution in [0.4, 0.5) is 4.79 Å². The number of carboxylic acids is 1. The van der Waals surface area contributed by atoms with E-state index in [-0.39, 0.29) is 25.0 Å². The average molecular weight is 424 g/mol. The number of likely N-dealkylation sites (N-methyl/N-ethyl adjacent to an activating group) is 1. The molecule has 7 heteroatoms. The quantitative estimate of drug-likeness (QED) is 0.676. The first-order valence-corrected chi connectivity index (χ1v) is 10.5. The van der Waals surface area contributed by atoms with E-state index in [2.05, 4.69) is 17.4 Å². The van der Waals surface area contributed by atoms with E-state index < -0.39 is 30.6 Å². The molecule has 1 aliphatic carbocycles. The molecule has 2 amide bonds. The largest absolute Gasteiger partial charge is 0.480 e. The number of ether oxygens (including phenoxy) is 1. The van der Waals surface area contributed by atoms with Crippen LogP contribution in [-0.2, 0) is 14.3 Å².